The van der Waals surface area contributed by atoms with E-state index in [4.69, 9.17) is 16.3 Å². The molecular formula is C18H19Cl2FN2O2. The van der Waals surface area contributed by atoms with Crippen LogP contribution in [0.5, 0.6) is 11.5 Å². The topological polar surface area (TPSA) is 41.6 Å². The minimum atomic E-state index is -0.344. The van der Waals surface area contributed by atoms with Crippen LogP contribution in [0.3, 0.4) is 0 Å². The average molecular weight is 385 g/mol. The number of carbonyl (C=O) groups excluding carboxylic acids is 1. The number of halogens is 3. The van der Waals surface area contributed by atoms with Gasteiger partial charge in [0.05, 0.1) is 5.56 Å². The van der Waals surface area contributed by atoms with Gasteiger partial charge in [0.15, 0.2) is 0 Å². The maximum Gasteiger partial charge on any atom is 0.257 e. The number of amides is 1. The van der Waals surface area contributed by atoms with Gasteiger partial charge in [-0.25, -0.2) is 4.39 Å². The smallest absolute Gasteiger partial charge is 0.257 e. The molecule has 0 spiro atoms. The highest BCUT2D eigenvalue weighted by molar-refractivity contribution is 6.31. The van der Waals surface area contributed by atoms with Gasteiger partial charge >= 0.3 is 0 Å². The third-order valence-corrected chi connectivity index (χ3v) is 4.35. The van der Waals surface area contributed by atoms with Crippen LogP contribution in [-0.2, 0) is 0 Å². The first-order valence-corrected chi connectivity index (χ1v) is 8.13. The first kappa shape index (κ1) is 19.5. The van der Waals surface area contributed by atoms with E-state index in [0.29, 0.717) is 22.1 Å². The molecule has 0 aromatic heterocycles. The van der Waals surface area contributed by atoms with Gasteiger partial charge in [0, 0.05) is 24.7 Å². The predicted molar refractivity (Wildman–Crippen MR) is 98.5 cm³/mol. The van der Waals surface area contributed by atoms with Crippen LogP contribution in [0.25, 0.3) is 0 Å². The van der Waals surface area contributed by atoms with Crippen molar-refractivity contribution in [2.45, 2.75) is 12.5 Å². The van der Waals surface area contributed by atoms with Crippen molar-refractivity contribution in [2.75, 3.05) is 20.1 Å². The zero-order valence-corrected chi connectivity index (χ0v) is 15.2. The fourth-order valence-corrected chi connectivity index (χ4v) is 2.89. The molecule has 1 heterocycles. The molecule has 1 amide bonds. The van der Waals surface area contributed by atoms with Crippen LogP contribution in [0.4, 0.5) is 4.39 Å². The van der Waals surface area contributed by atoms with Crippen molar-refractivity contribution >= 4 is 29.9 Å². The monoisotopic (exact) mass is 384 g/mol. The second-order valence-electron chi connectivity index (χ2n) is 5.76. The van der Waals surface area contributed by atoms with Crippen molar-refractivity contribution in [1.29, 1.82) is 0 Å². The molecule has 1 unspecified atom stereocenters. The predicted octanol–water partition coefficient (Wildman–Crippen LogP) is 4.13. The van der Waals surface area contributed by atoms with E-state index >= 15 is 0 Å². The van der Waals surface area contributed by atoms with Crippen molar-refractivity contribution in [3.05, 3.63) is 58.9 Å². The van der Waals surface area contributed by atoms with E-state index in [-0.39, 0.29) is 30.2 Å². The van der Waals surface area contributed by atoms with Crippen LogP contribution in [0.1, 0.15) is 16.8 Å². The molecule has 4 nitrogen and oxygen atoms in total. The molecule has 1 atom stereocenters. The Hall–Kier alpha value is -1.82. The Morgan fingerprint density at radius 3 is 2.64 bits per heavy atom. The molecular weight excluding hydrogens is 366 g/mol. The van der Waals surface area contributed by atoms with Gasteiger partial charge in [-0.15, -0.1) is 12.4 Å². The van der Waals surface area contributed by atoms with Crippen molar-refractivity contribution in [3.63, 3.8) is 0 Å². The summed E-state index contributed by atoms with van der Waals surface area (Å²) in [6, 6.07) is 10.7. The zero-order valence-electron chi connectivity index (χ0n) is 13.7. The zero-order chi connectivity index (χ0) is 17.1. The van der Waals surface area contributed by atoms with Crippen LogP contribution in [0.15, 0.2) is 42.5 Å². The number of carbonyl (C=O) groups is 1. The van der Waals surface area contributed by atoms with Crippen LogP contribution in [-0.4, -0.2) is 37.0 Å². The average Bonchev–Trinajstić information content (AvgIpc) is 3.11. The Labute approximate surface area is 157 Å². The van der Waals surface area contributed by atoms with Crippen LogP contribution in [0.2, 0.25) is 5.02 Å². The van der Waals surface area contributed by atoms with Gasteiger partial charge in [-0.2, -0.15) is 0 Å². The lowest BCUT2D eigenvalue weighted by atomic mass is 10.1. The molecule has 1 N–H and O–H groups in total. The molecule has 25 heavy (non-hydrogen) atoms. The van der Waals surface area contributed by atoms with Gasteiger partial charge in [-0.05, 0) is 55.4 Å². The summed E-state index contributed by atoms with van der Waals surface area (Å²) in [7, 11) is 1.78. The van der Waals surface area contributed by atoms with Gasteiger partial charge in [0.1, 0.15) is 17.3 Å². The Morgan fingerprint density at radius 1 is 1.28 bits per heavy atom. The molecule has 0 saturated carbocycles. The standard InChI is InChI=1S/C18H18ClFN2O2.ClH/c1-22(14-8-9-21-11-14)18(23)16-10-12(19)2-7-17(16)24-15-5-3-13(20)4-6-15;/h2-7,10,14,21H,8-9,11H2,1H3;1H. The summed E-state index contributed by atoms with van der Waals surface area (Å²) in [6.07, 6.45) is 0.914. The number of hydrogen-bond donors (Lipinski definition) is 1. The summed E-state index contributed by atoms with van der Waals surface area (Å²) >= 11 is 6.06. The Morgan fingerprint density at radius 2 is 2.00 bits per heavy atom. The molecule has 0 radical (unpaired) electrons. The van der Waals surface area contributed by atoms with Gasteiger partial charge in [-0.3, -0.25) is 4.79 Å². The van der Waals surface area contributed by atoms with Gasteiger partial charge in [-0.1, -0.05) is 11.6 Å². The summed E-state index contributed by atoms with van der Waals surface area (Å²) in [4.78, 5) is 14.6. The maximum atomic E-state index is 13.0. The maximum absolute atomic E-state index is 13.0. The highest BCUT2D eigenvalue weighted by Gasteiger charge is 2.26. The Kier molecular flexibility index (Phi) is 6.64. The largest absolute Gasteiger partial charge is 0.457 e. The third-order valence-electron chi connectivity index (χ3n) is 4.12. The summed E-state index contributed by atoms with van der Waals surface area (Å²) in [5, 5.41) is 3.70. The van der Waals surface area contributed by atoms with Gasteiger partial charge in [0.2, 0.25) is 0 Å². The quantitative estimate of drug-likeness (QED) is 0.861. The lowest BCUT2D eigenvalue weighted by Crippen LogP contribution is -2.38. The van der Waals surface area contributed by atoms with E-state index in [0.717, 1.165) is 19.5 Å². The second kappa shape index (κ2) is 8.52. The highest BCUT2D eigenvalue weighted by atomic mass is 35.5. The van der Waals surface area contributed by atoms with Gasteiger partial charge < -0.3 is 15.0 Å². The molecule has 1 saturated heterocycles. The molecule has 0 bridgehead atoms. The molecule has 134 valence electrons. The fourth-order valence-electron chi connectivity index (χ4n) is 2.71. The molecule has 1 aliphatic heterocycles. The van der Waals surface area contributed by atoms with Crippen LogP contribution < -0.4 is 10.1 Å². The number of benzene rings is 2. The lowest BCUT2D eigenvalue weighted by Gasteiger charge is -2.24. The van der Waals surface area contributed by atoms with Crippen molar-refractivity contribution in [1.82, 2.24) is 10.2 Å². The first-order valence-electron chi connectivity index (χ1n) is 7.75. The number of likely N-dealkylation sites (N-methyl/N-ethyl adjacent to an activating group) is 1. The fraction of sp³-hybridized carbons (Fsp3) is 0.278. The molecule has 1 fully saturated rings. The van der Waals surface area contributed by atoms with Crippen molar-refractivity contribution in [2.24, 2.45) is 0 Å². The molecule has 3 rings (SSSR count). The molecule has 7 heteroatoms. The number of nitrogens with one attached hydrogen (secondary N) is 1. The minimum absolute atomic E-state index is 0. The summed E-state index contributed by atoms with van der Waals surface area (Å²) in [5.41, 5.74) is 0.390. The van der Waals surface area contributed by atoms with E-state index in [2.05, 4.69) is 5.32 Å². The summed E-state index contributed by atoms with van der Waals surface area (Å²) < 4.78 is 18.8. The van der Waals surface area contributed by atoms with E-state index in [1.165, 1.54) is 24.3 Å². The summed E-state index contributed by atoms with van der Waals surface area (Å²) in [6.45, 7) is 1.67. The van der Waals surface area contributed by atoms with Crippen LogP contribution >= 0.6 is 24.0 Å². The molecule has 2 aromatic carbocycles. The van der Waals surface area contributed by atoms with Crippen molar-refractivity contribution < 1.29 is 13.9 Å². The third kappa shape index (κ3) is 4.63. The first-order chi connectivity index (χ1) is 11.5. The number of rotatable bonds is 4. The van der Waals surface area contributed by atoms with E-state index in [1.807, 2.05) is 0 Å². The highest BCUT2D eigenvalue weighted by Crippen LogP contribution is 2.29. The molecule has 2 aromatic rings. The number of ether oxygens (including phenoxy) is 1. The normalized spacial score (nSPS) is 16.2. The second-order valence-corrected chi connectivity index (χ2v) is 6.20. The minimum Gasteiger partial charge on any atom is -0.457 e. The SMILES string of the molecule is CN(C(=O)c1cc(Cl)ccc1Oc1ccc(F)cc1)C1CCNC1.Cl. The van der Waals surface area contributed by atoms with Crippen LogP contribution in [0, 0.1) is 5.82 Å². The van der Waals surface area contributed by atoms with Crippen molar-refractivity contribution in [3.8, 4) is 11.5 Å². The Bertz CT molecular complexity index is 734. The lowest BCUT2D eigenvalue weighted by molar-refractivity contribution is 0.0741. The van der Waals surface area contributed by atoms with E-state index < -0.39 is 0 Å². The molecule has 1 aliphatic rings. The Balaban J connectivity index is 0.00000225. The number of hydrogen-bond acceptors (Lipinski definition) is 3. The summed E-state index contributed by atoms with van der Waals surface area (Å²) in [5.74, 6) is 0.360. The molecule has 0 aliphatic carbocycles. The number of nitrogens with zero attached hydrogens (tertiary/aromatic N) is 1. The van der Waals surface area contributed by atoms with E-state index in [9.17, 15) is 9.18 Å². The van der Waals surface area contributed by atoms with Gasteiger partial charge in [0.25, 0.3) is 5.91 Å². The van der Waals surface area contributed by atoms with E-state index in [1.54, 1.807) is 30.1 Å².